The van der Waals surface area contributed by atoms with Crippen molar-refractivity contribution in [1.82, 2.24) is 34.3 Å². The molecule has 0 atom stereocenters. The number of fused-ring (bicyclic) bond motifs is 2. The molecule has 4 N–H and O–H groups in total. The van der Waals surface area contributed by atoms with E-state index in [0.717, 1.165) is 18.9 Å². The van der Waals surface area contributed by atoms with Crippen molar-refractivity contribution in [1.29, 1.82) is 0 Å². The number of nitrogens with one attached hydrogen (secondary N) is 2. The first-order chi connectivity index (χ1) is 18.2. The van der Waals surface area contributed by atoms with E-state index in [0.29, 0.717) is 39.6 Å². The number of urea groups is 1. The molecule has 5 heterocycles. The molecule has 0 bridgehead atoms. The van der Waals surface area contributed by atoms with E-state index < -0.39 is 17.6 Å². The highest BCUT2D eigenvalue weighted by atomic mass is 19.4. The lowest BCUT2D eigenvalue weighted by molar-refractivity contribution is -0.165. The number of hydrogen-bond acceptors (Lipinski definition) is 8. The summed E-state index contributed by atoms with van der Waals surface area (Å²) in [6, 6.07) is 4.04. The van der Waals surface area contributed by atoms with E-state index in [-0.39, 0.29) is 30.5 Å². The summed E-state index contributed by atoms with van der Waals surface area (Å²) in [4.78, 5) is 25.5. The number of imidazole rings is 1. The standard InChI is InChI=1S/C23H19F3N10O2/c24-23(25,26)22(5-6-22)14-9-15(34-38-14)32-21(37)31-12-3-4-13(35-8-7-28-19(12)35)17-16-18(27)29-10-30-20(16)36(33-17)11-1-2-11/h3-4,7-11H,1-2,5-6H2,(H2,27,29,30)(H2,31,32,34,37). The highest BCUT2D eigenvalue weighted by molar-refractivity contribution is 6.02. The molecule has 15 heteroatoms. The summed E-state index contributed by atoms with van der Waals surface area (Å²) in [6.07, 6.45) is 2.10. The van der Waals surface area contributed by atoms with Crippen LogP contribution in [0.15, 0.2) is 41.4 Å². The predicted molar refractivity (Wildman–Crippen MR) is 128 cm³/mol. The minimum Gasteiger partial charge on any atom is -0.383 e. The van der Waals surface area contributed by atoms with Crippen LogP contribution in [0.25, 0.3) is 28.1 Å². The molecule has 2 saturated carbocycles. The Kier molecular flexibility index (Phi) is 4.54. The van der Waals surface area contributed by atoms with Crippen molar-refractivity contribution in [3.8, 4) is 11.4 Å². The molecule has 0 radical (unpaired) electrons. The second kappa shape index (κ2) is 7.66. The average molecular weight is 524 g/mol. The van der Waals surface area contributed by atoms with Crippen LogP contribution in [0.2, 0.25) is 0 Å². The van der Waals surface area contributed by atoms with Gasteiger partial charge in [0, 0.05) is 18.5 Å². The van der Waals surface area contributed by atoms with E-state index in [1.165, 1.54) is 6.33 Å². The predicted octanol–water partition coefficient (Wildman–Crippen LogP) is 4.28. The van der Waals surface area contributed by atoms with Crippen LogP contribution >= 0.6 is 0 Å². The minimum absolute atomic E-state index is 0.0759. The van der Waals surface area contributed by atoms with Crippen molar-refractivity contribution in [3.05, 3.63) is 42.7 Å². The molecule has 2 aliphatic carbocycles. The van der Waals surface area contributed by atoms with Gasteiger partial charge in [-0.05, 0) is 37.8 Å². The number of aromatic nitrogens is 7. The monoisotopic (exact) mass is 524 g/mol. The number of amides is 2. The summed E-state index contributed by atoms with van der Waals surface area (Å²) < 4.78 is 48.6. The van der Waals surface area contributed by atoms with E-state index >= 15 is 0 Å². The van der Waals surface area contributed by atoms with Gasteiger partial charge in [0.05, 0.1) is 22.8 Å². The highest BCUT2D eigenvalue weighted by Crippen LogP contribution is 2.59. The second-order valence-corrected chi connectivity index (χ2v) is 9.47. The topological polar surface area (TPSA) is 154 Å². The van der Waals surface area contributed by atoms with Crippen molar-refractivity contribution < 1.29 is 22.5 Å². The lowest BCUT2D eigenvalue weighted by atomic mass is 10.0. The fraction of sp³-hybridized carbons (Fsp3) is 0.304. The SMILES string of the molecule is Nc1ncnc2c1c(-c1ccc(NC(=O)Nc3cc(C4(C(F)(F)F)CC4)on3)c3nccn13)nn2C1CC1. The molecule has 2 fully saturated rings. The van der Waals surface area contributed by atoms with Gasteiger partial charge in [-0.25, -0.2) is 24.4 Å². The van der Waals surface area contributed by atoms with E-state index in [9.17, 15) is 18.0 Å². The maximum atomic E-state index is 13.3. The molecule has 7 rings (SSSR count). The first-order valence-electron chi connectivity index (χ1n) is 11.8. The van der Waals surface area contributed by atoms with E-state index in [1.807, 2.05) is 4.68 Å². The number of anilines is 3. The first kappa shape index (κ1) is 22.5. The van der Waals surface area contributed by atoms with E-state index in [1.54, 1.807) is 28.9 Å². The fourth-order valence-corrected chi connectivity index (χ4v) is 4.68. The van der Waals surface area contributed by atoms with E-state index in [4.69, 9.17) is 15.4 Å². The van der Waals surface area contributed by atoms with E-state index in [2.05, 4.69) is 30.7 Å². The molecule has 2 amide bonds. The number of rotatable bonds is 5. The zero-order valence-corrected chi connectivity index (χ0v) is 19.5. The van der Waals surface area contributed by atoms with Gasteiger partial charge >= 0.3 is 12.2 Å². The number of carbonyl (C=O) groups is 1. The zero-order chi connectivity index (χ0) is 26.2. The first-order valence-corrected chi connectivity index (χ1v) is 11.8. The van der Waals surface area contributed by atoms with Crippen LogP contribution < -0.4 is 16.4 Å². The lowest BCUT2D eigenvalue weighted by Crippen LogP contribution is -2.28. The molecule has 0 saturated heterocycles. The zero-order valence-electron chi connectivity index (χ0n) is 19.5. The summed E-state index contributed by atoms with van der Waals surface area (Å²) in [5.41, 5.74) is 6.83. The van der Waals surface area contributed by atoms with Gasteiger partial charge in [-0.15, -0.1) is 0 Å². The Morgan fingerprint density at radius 2 is 1.95 bits per heavy atom. The molecule has 12 nitrogen and oxygen atoms in total. The van der Waals surface area contributed by atoms with Crippen molar-refractivity contribution >= 4 is 40.0 Å². The number of pyridine rings is 1. The largest absolute Gasteiger partial charge is 0.401 e. The molecule has 5 aromatic rings. The number of hydrogen-bond donors (Lipinski definition) is 3. The molecule has 0 unspecified atom stereocenters. The van der Waals surface area contributed by atoms with Crippen LogP contribution in [0.1, 0.15) is 37.5 Å². The summed E-state index contributed by atoms with van der Waals surface area (Å²) in [5, 5.41) is 14.1. The van der Waals surface area contributed by atoms with Gasteiger partial charge in [0.2, 0.25) is 0 Å². The number of nitrogens with zero attached hydrogens (tertiary/aromatic N) is 7. The fourth-order valence-electron chi connectivity index (χ4n) is 4.68. The second-order valence-electron chi connectivity index (χ2n) is 9.47. The third kappa shape index (κ3) is 3.38. The van der Waals surface area contributed by atoms with Crippen LogP contribution in [0, 0.1) is 0 Å². The number of carbonyl (C=O) groups excluding carboxylic acids is 1. The van der Waals surface area contributed by atoms with Gasteiger partial charge < -0.3 is 15.6 Å². The molecule has 0 aliphatic heterocycles. The Labute approximate surface area is 211 Å². The third-order valence-corrected chi connectivity index (χ3v) is 6.97. The Balaban J connectivity index is 1.18. The van der Waals surface area contributed by atoms with Gasteiger partial charge in [-0.1, -0.05) is 5.16 Å². The number of alkyl halides is 3. The van der Waals surface area contributed by atoms with Gasteiger partial charge in [0.25, 0.3) is 0 Å². The van der Waals surface area contributed by atoms with Crippen molar-refractivity contribution in [2.24, 2.45) is 0 Å². The Morgan fingerprint density at radius 3 is 2.68 bits per heavy atom. The number of nitrogens with two attached hydrogens (primary N) is 1. The minimum atomic E-state index is -4.45. The quantitative estimate of drug-likeness (QED) is 0.308. The smallest absolute Gasteiger partial charge is 0.383 e. The number of halogens is 3. The maximum Gasteiger partial charge on any atom is 0.401 e. The van der Waals surface area contributed by atoms with Gasteiger partial charge in [0.1, 0.15) is 23.3 Å². The van der Waals surface area contributed by atoms with Gasteiger partial charge in [-0.3, -0.25) is 9.72 Å². The maximum absolute atomic E-state index is 13.3. The van der Waals surface area contributed by atoms with Crippen molar-refractivity contribution in [2.75, 3.05) is 16.4 Å². The molecule has 38 heavy (non-hydrogen) atoms. The lowest BCUT2D eigenvalue weighted by Gasteiger charge is -2.15. The summed E-state index contributed by atoms with van der Waals surface area (Å²) in [5.74, 6) is -0.143. The van der Waals surface area contributed by atoms with Crippen LogP contribution in [0.3, 0.4) is 0 Å². The molecule has 2 aliphatic rings. The Bertz CT molecular complexity index is 1730. The molecule has 0 spiro atoms. The average Bonchev–Trinajstić information content (AvgIpc) is 3.74. The van der Waals surface area contributed by atoms with Gasteiger partial charge in [-0.2, -0.15) is 18.3 Å². The third-order valence-electron chi connectivity index (χ3n) is 6.97. The Hall–Kier alpha value is -4.69. The van der Waals surface area contributed by atoms with Crippen molar-refractivity contribution in [3.63, 3.8) is 0 Å². The van der Waals surface area contributed by atoms with Crippen molar-refractivity contribution in [2.45, 2.75) is 43.3 Å². The highest BCUT2D eigenvalue weighted by Gasteiger charge is 2.66. The molecule has 194 valence electrons. The summed E-state index contributed by atoms with van der Waals surface area (Å²) in [6.45, 7) is 0. The molecule has 0 aromatic carbocycles. The summed E-state index contributed by atoms with van der Waals surface area (Å²) >= 11 is 0. The van der Waals surface area contributed by atoms with Crippen LogP contribution in [-0.2, 0) is 5.41 Å². The van der Waals surface area contributed by atoms with Crippen LogP contribution in [0.4, 0.5) is 35.3 Å². The number of nitrogen functional groups attached to an aromatic ring is 1. The normalized spacial score (nSPS) is 16.7. The van der Waals surface area contributed by atoms with Crippen LogP contribution in [0.5, 0.6) is 0 Å². The molecular formula is C23H19F3N10O2. The molecular weight excluding hydrogens is 505 g/mol. The molecule has 5 aromatic heterocycles. The Morgan fingerprint density at radius 1 is 1.13 bits per heavy atom. The summed E-state index contributed by atoms with van der Waals surface area (Å²) in [7, 11) is 0. The van der Waals surface area contributed by atoms with Gasteiger partial charge in [0.15, 0.2) is 22.9 Å². The van der Waals surface area contributed by atoms with Crippen LogP contribution in [-0.4, -0.2) is 46.5 Å².